The first-order chi connectivity index (χ1) is 13.6. The van der Waals surface area contributed by atoms with Crippen LogP contribution in [0.15, 0.2) is 72.9 Å². The fourth-order valence-electron chi connectivity index (χ4n) is 3.71. The molecule has 1 aliphatic rings. The number of nitrogens with zero attached hydrogens (tertiary/aromatic N) is 1. The van der Waals surface area contributed by atoms with Gasteiger partial charge in [-0.3, -0.25) is 14.4 Å². The van der Waals surface area contributed by atoms with E-state index in [4.69, 9.17) is 11.6 Å². The molecule has 5 heteroatoms. The predicted octanol–water partition coefficient (Wildman–Crippen LogP) is 4.60. The Kier molecular flexibility index (Phi) is 3.57. The zero-order chi connectivity index (χ0) is 19.4. The van der Waals surface area contributed by atoms with Crippen LogP contribution in [0.4, 0.5) is 0 Å². The van der Waals surface area contributed by atoms with Crippen LogP contribution in [-0.4, -0.2) is 21.8 Å². The molecule has 0 aliphatic heterocycles. The molecule has 0 spiro atoms. The summed E-state index contributed by atoms with van der Waals surface area (Å²) in [6, 6.07) is 18.4. The minimum Gasteiger partial charge on any atom is -0.313 e. The molecule has 0 bridgehead atoms. The summed E-state index contributed by atoms with van der Waals surface area (Å²) in [5.41, 5.74) is 2.34. The van der Waals surface area contributed by atoms with Gasteiger partial charge in [0.15, 0.2) is 11.6 Å². The number of hydrogen-bond acceptors (Lipinski definition) is 3. The quantitative estimate of drug-likeness (QED) is 0.417. The van der Waals surface area contributed by atoms with E-state index in [-0.39, 0.29) is 34.2 Å². The van der Waals surface area contributed by atoms with Gasteiger partial charge in [-0.1, -0.05) is 35.9 Å². The van der Waals surface area contributed by atoms with Crippen LogP contribution in [0.5, 0.6) is 0 Å². The molecule has 0 N–H and O–H groups in total. The average Bonchev–Trinajstić information content (AvgIpc) is 3.19. The van der Waals surface area contributed by atoms with Gasteiger partial charge < -0.3 is 4.40 Å². The summed E-state index contributed by atoms with van der Waals surface area (Å²) >= 11 is 5.94. The van der Waals surface area contributed by atoms with Crippen molar-refractivity contribution in [2.75, 3.05) is 0 Å². The summed E-state index contributed by atoms with van der Waals surface area (Å²) in [7, 11) is 0. The number of benzene rings is 2. The van der Waals surface area contributed by atoms with E-state index in [9.17, 15) is 14.4 Å². The van der Waals surface area contributed by atoms with Crippen LogP contribution in [0.25, 0.3) is 5.52 Å². The van der Waals surface area contributed by atoms with Crippen LogP contribution in [0.1, 0.15) is 47.9 Å². The Labute approximate surface area is 165 Å². The monoisotopic (exact) mass is 385 g/mol. The van der Waals surface area contributed by atoms with Crippen molar-refractivity contribution in [3.63, 3.8) is 0 Å². The van der Waals surface area contributed by atoms with Gasteiger partial charge in [0.05, 0.1) is 5.56 Å². The van der Waals surface area contributed by atoms with E-state index in [2.05, 4.69) is 0 Å². The van der Waals surface area contributed by atoms with Crippen LogP contribution in [-0.2, 0) is 0 Å². The van der Waals surface area contributed by atoms with Crippen molar-refractivity contribution in [3.05, 3.63) is 111 Å². The lowest BCUT2D eigenvalue weighted by Crippen LogP contribution is -2.26. The molecular weight excluding hydrogens is 374 g/mol. The molecule has 0 amide bonds. The van der Waals surface area contributed by atoms with Crippen LogP contribution in [0.2, 0.25) is 5.02 Å². The zero-order valence-electron chi connectivity index (χ0n) is 14.5. The molecule has 5 rings (SSSR count). The summed E-state index contributed by atoms with van der Waals surface area (Å²) in [6.45, 7) is 0. The van der Waals surface area contributed by atoms with Crippen LogP contribution in [0.3, 0.4) is 0 Å². The largest absolute Gasteiger partial charge is 0.313 e. The zero-order valence-corrected chi connectivity index (χ0v) is 15.2. The van der Waals surface area contributed by atoms with Crippen molar-refractivity contribution in [3.8, 4) is 0 Å². The molecule has 2 heterocycles. The van der Waals surface area contributed by atoms with E-state index in [1.165, 1.54) is 0 Å². The average molecular weight is 386 g/mol. The predicted molar refractivity (Wildman–Crippen MR) is 106 cm³/mol. The first kappa shape index (κ1) is 16.7. The number of hydrogen-bond donors (Lipinski definition) is 0. The van der Waals surface area contributed by atoms with Gasteiger partial charge in [0.1, 0.15) is 5.69 Å². The Hall–Kier alpha value is -3.50. The third-order valence-electron chi connectivity index (χ3n) is 5.03. The summed E-state index contributed by atoms with van der Waals surface area (Å²) < 4.78 is 1.66. The van der Waals surface area contributed by atoms with Gasteiger partial charge in [-0.25, -0.2) is 0 Å². The number of carbonyl (C=O) groups is 3. The smallest absolute Gasteiger partial charge is 0.210 e. The maximum atomic E-state index is 13.4. The molecule has 0 unspecified atom stereocenters. The maximum Gasteiger partial charge on any atom is 0.210 e. The van der Waals surface area contributed by atoms with Crippen LogP contribution < -0.4 is 0 Å². The summed E-state index contributed by atoms with van der Waals surface area (Å²) in [5, 5.41) is 0.512. The Morgan fingerprint density at radius 2 is 1.46 bits per heavy atom. The third kappa shape index (κ3) is 2.28. The molecule has 2 aromatic carbocycles. The number of fused-ring (bicyclic) bond motifs is 3. The second kappa shape index (κ2) is 6.01. The minimum atomic E-state index is -0.338. The highest BCUT2D eigenvalue weighted by molar-refractivity contribution is 6.32. The van der Waals surface area contributed by atoms with Crippen molar-refractivity contribution in [1.82, 2.24) is 4.40 Å². The lowest BCUT2D eigenvalue weighted by Gasteiger charge is -2.21. The molecule has 0 saturated heterocycles. The van der Waals surface area contributed by atoms with Crippen molar-refractivity contribution >= 4 is 34.5 Å². The fraction of sp³-hybridized carbons (Fsp3) is 0. The van der Waals surface area contributed by atoms with Crippen molar-refractivity contribution < 1.29 is 14.4 Å². The van der Waals surface area contributed by atoms with Crippen molar-refractivity contribution in [2.45, 2.75) is 0 Å². The molecule has 4 aromatic rings. The van der Waals surface area contributed by atoms with E-state index in [1.807, 2.05) is 0 Å². The first-order valence-electron chi connectivity index (χ1n) is 8.69. The van der Waals surface area contributed by atoms with Gasteiger partial charge in [0, 0.05) is 39.0 Å². The van der Waals surface area contributed by atoms with Gasteiger partial charge >= 0.3 is 0 Å². The Morgan fingerprint density at radius 3 is 2.18 bits per heavy atom. The van der Waals surface area contributed by atoms with Gasteiger partial charge in [0.2, 0.25) is 5.78 Å². The normalized spacial score (nSPS) is 12.8. The minimum absolute atomic E-state index is 0.146. The maximum absolute atomic E-state index is 13.4. The highest BCUT2D eigenvalue weighted by Crippen LogP contribution is 2.32. The molecule has 28 heavy (non-hydrogen) atoms. The molecule has 0 fully saturated rings. The van der Waals surface area contributed by atoms with Crippen molar-refractivity contribution in [1.29, 1.82) is 0 Å². The number of pyridine rings is 1. The molecule has 0 atom stereocenters. The second-order valence-corrected chi connectivity index (χ2v) is 7.06. The molecule has 134 valence electrons. The topological polar surface area (TPSA) is 55.6 Å². The molecular formula is C23H12ClNO3. The Bertz CT molecular complexity index is 1320. The highest BCUT2D eigenvalue weighted by atomic mass is 35.5. The standard InChI is InChI=1S/C23H12ClNO3/c24-14-9-7-13(8-10-14)21(26)20-19-18(12-15-4-3-11-25(15)20)22(27)16-5-1-2-6-17(16)23(19)28/h1-12H. The molecule has 1 aliphatic carbocycles. The molecule has 0 radical (unpaired) electrons. The van der Waals surface area contributed by atoms with Gasteiger partial charge in [0.25, 0.3) is 0 Å². The van der Waals surface area contributed by atoms with E-state index in [1.54, 1.807) is 77.3 Å². The lowest BCUT2D eigenvalue weighted by molar-refractivity contribution is 0.0969. The SMILES string of the molecule is O=C1c2ccccc2C(=O)c2c1cc1cccn1c2C(=O)c1ccc(Cl)cc1. The third-order valence-corrected chi connectivity index (χ3v) is 5.28. The lowest BCUT2D eigenvalue weighted by atomic mass is 9.82. The van der Waals surface area contributed by atoms with Gasteiger partial charge in [-0.15, -0.1) is 0 Å². The molecule has 2 aromatic heterocycles. The summed E-state index contributed by atoms with van der Waals surface area (Å²) in [4.78, 5) is 39.8. The summed E-state index contributed by atoms with van der Waals surface area (Å²) in [6.07, 6.45) is 1.72. The van der Waals surface area contributed by atoms with E-state index >= 15 is 0 Å². The summed E-state index contributed by atoms with van der Waals surface area (Å²) in [5.74, 6) is -0.910. The molecule has 4 nitrogen and oxygen atoms in total. The van der Waals surface area contributed by atoms with E-state index in [0.717, 1.165) is 0 Å². The van der Waals surface area contributed by atoms with E-state index < -0.39 is 0 Å². The number of halogens is 1. The highest BCUT2D eigenvalue weighted by Gasteiger charge is 2.35. The molecule has 0 saturated carbocycles. The second-order valence-electron chi connectivity index (χ2n) is 6.62. The number of carbonyl (C=O) groups excluding carboxylic acids is 3. The van der Waals surface area contributed by atoms with Crippen molar-refractivity contribution in [2.24, 2.45) is 0 Å². The van der Waals surface area contributed by atoms with Crippen LogP contribution in [0, 0.1) is 0 Å². The number of rotatable bonds is 2. The van der Waals surface area contributed by atoms with Crippen LogP contribution >= 0.6 is 11.6 Å². The number of ketones is 3. The van der Waals surface area contributed by atoms with Gasteiger partial charge in [-0.05, 0) is 42.5 Å². The fourth-order valence-corrected chi connectivity index (χ4v) is 3.84. The Balaban J connectivity index is 1.84. The number of aromatic nitrogens is 1. The van der Waals surface area contributed by atoms with Gasteiger partial charge in [-0.2, -0.15) is 0 Å². The van der Waals surface area contributed by atoms with E-state index in [0.29, 0.717) is 27.2 Å². The Morgan fingerprint density at radius 1 is 0.786 bits per heavy atom. The first-order valence-corrected chi connectivity index (χ1v) is 9.07.